The zero-order valence-electron chi connectivity index (χ0n) is 16.7. The van der Waals surface area contributed by atoms with Gasteiger partial charge in [-0.05, 0) is 70.6 Å². The normalized spacial score (nSPS) is 16.8. The molecule has 0 N–H and O–H groups in total. The van der Waals surface area contributed by atoms with Gasteiger partial charge in [0.2, 0.25) is 0 Å². The van der Waals surface area contributed by atoms with Crippen molar-refractivity contribution in [2.75, 3.05) is 0 Å². The number of hydrogen-bond donors (Lipinski definition) is 0. The summed E-state index contributed by atoms with van der Waals surface area (Å²) in [5, 5.41) is 20.9. The average molecular weight is 399 g/mol. The summed E-state index contributed by atoms with van der Waals surface area (Å²) >= 11 is 0. The van der Waals surface area contributed by atoms with Crippen LogP contribution in [0.15, 0.2) is 79.1 Å². The molecule has 1 aromatic heterocycles. The van der Waals surface area contributed by atoms with Gasteiger partial charge in [-0.15, -0.1) is 0 Å². The van der Waals surface area contributed by atoms with E-state index in [1.807, 2.05) is 54.6 Å². The molecule has 3 aromatic carbocycles. The van der Waals surface area contributed by atoms with E-state index in [4.69, 9.17) is 0 Å². The van der Waals surface area contributed by atoms with Crippen LogP contribution in [0.2, 0.25) is 0 Å². The Kier molecular flexibility index (Phi) is 4.35. The van der Waals surface area contributed by atoms with E-state index < -0.39 is 5.41 Å². The number of nitriles is 2. The lowest BCUT2D eigenvalue weighted by molar-refractivity contribution is 0.0892. The van der Waals surface area contributed by atoms with E-state index in [1.54, 1.807) is 24.5 Å². The van der Waals surface area contributed by atoms with Crippen LogP contribution >= 0.6 is 0 Å². The summed E-state index contributed by atoms with van der Waals surface area (Å²) in [6.07, 6.45) is 4.40. The SMILES string of the molecule is N#Cc1cccc(CC2(Cc3ccncc3)C(=O)c3c(C#N)ccc4cccc2c34)c1. The Balaban J connectivity index is 1.77. The summed E-state index contributed by atoms with van der Waals surface area (Å²) < 4.78 is 0. The molecule has 1 aliphatic carbocycles. The first kappa shape index (κ1) is 18.7. The molecule has 4 aromatic rings. The van der Waals surface area contributed by atoms with Crippen LogP contribution in [-0.4, -0.2) is 10.8 Å². The van der Waals surface area contributed by atoms with Crippen LogP contribution in [0.3, 0.4) is 0 Å². The van der Waals surface area contributed by atoms with Crippen molar-refractivity contribution < 1.29 is 4.79 Å². The molecule has 0 saturated heterocycles. The van der Waals surface area contributed by atoms with Crippen molar-refractivity contribution >= 4 is 16.6 Å². The van der Waals surface area contributed by atoms with Gasteiger partial charge in [-0.25, -0.2) is 0 Å². The second-order valence-corrected chi connectivity index (χ2v) is 7.94. The van der Waals surface area contributed by atoms with Gasteiger partial charge < -0.3 is 0 Å². The maximum absolute atomic E-state index is 14.1. The Morgan fingerprint density at radius 2 is 1.61 bits per heavy atom. The van der Waals surface area contributed by atoms with Gasteiger partial charge in [0, 0.05) is 18.0 Å². The number of Topliss-reactive ketones (excluding diaryl/α,β-unsaturated/α-hetero) is 1. The fourth-order valence-corrected chi connectivity index (χ4v) is 4.83. The molecule has 5 rings (SSSR count). The first-order chi connectivity index (χ1) is 15.2. The van der Waals surface area contributed by atoms with Crippen molar-refractivity contribution in [2.24, 2.45) is 0 Å². The minimum Gasteiger partial charge on any atom is -0.293 e. The number of rotatable bonds is 4. The monoisotopic (exact) mass is 399 g/mol. The van der Waals surface area contributed by atoms with E-state index in [1.165, 1.54) is 0 Å². The third kappa shape index (κ3) is 2.89. The Hall–Kier alpha value is -4.28. The second-order valence-electron chi connectivity index (χ2n) is 7.94. The third-order valence-corrected chi connectivity index (χ3v) is 6.16. The zero-order chi connectivity index (χ0) is 21.4. The van der Waals surface area contributed by atoms with Gasteiger partial charge in [-0.1, -0.05) is 36.4 Å². The van der Waals surface area contributed by atoms with E-state index in [0.29, 0.717) is 29.5 Å². The van der Waals surface area contributed by atoms with E-state index >= 15 is 0 Å². The molecule has 146 valence electrons. The van der Waals surface area contributed by atoms with Crippen molar-refractivity contribution in [2.45, 2.75) is 18.3 Å². The number of hydrogen-bond acceptors (Lipinski definition) is 4. The summed E-state index contributed by atoms with van der Waals surface area (Å²) in [6.45, 7) is 0. The molecule has 0 aliphatic heterocycles. The van der Waals surface area contributed by atoms with Crippen molar-refractivity contribution in [3.63, 3.8) is 0 Å². The van der Waals surface area contributed by atoms with Crippen LogP contribution in [0.25, 0.3) is 10.8 Å². The fourth-order valence-electron chi connectivity index (χ4n) is 4.83. The van der Waals surface area contributed by atoms with Crippen LogP contribution in [0.4, 0.5) is 0 Å². The van der Waals surface area contributed by atoms with Gasteiger partial charge in [0.1, 0.15) is 0 Å². The van der Waals surface area contributed by atoms with Gasteiger partial charge in [-0.3, -0.25) is 9.78 Å². The van der Waals surface area contributed by atoms with Crippen molar-refractivity contribution in [1.82, 2.24) is 4.98 Å². The van der Waals surface area contributed by atoms with Crippen LogP contribution in [0, 0.1) is 22.7 Å². The summed E-state index contributed by atoms with van der Waals surface area (Å²) in [7, 11) is 0. The molecule has 1 unspecified atom stereocenters. The highest BCUT2D eigenvalue weighted by Crippen LogP contribution is 2.47. The first-order valence-electron chi connectivity index (χ1n) is 10.1. The average Bonchev–Trinajstić information content (AvgIpc) is 3.05. The maximum Gasteiger partial charge on any atom is 0.176 e. The van der Waals surface area contributed by atoms with E-state index in [-0.39, 0.29) is 5.78 Å². The van der Waals surface area contributed by atoms with E-state index in [2.05, 4.69) is 17.1 Å². The predicted molar refractivity (Wildman–Crippen MR) is 117 cm³/mol. The van der Waals surface area contributed by atoms with Crippen LogP contribution in [-0.2, 0) is 18.3 Å². The first-order valence-corrected chi connectivity index (χ1v) is 10.1. The number of benzene rings is 3. The number of carbonyl (C=O) groups excluding carboxylic acids is 1. The molecule has 1 heterocycles. The summed E-state index contributed by atoms with van der Waals surface area (Å²) in [6, 6.07) is 25.3. The quantitative estimate of drug-likeness (QED) is 0.489. The lowest BCUT2D eigenvalue weighted by Crippen LogP contribution is -2.37. The van der Waals surface area contributed by atoms with Gasteiger partial charge in [0.25, 0.3) is 0 Å². The highest BCUT2D eigenvalue weighted by molar-refractivity contribution is 6.22. The van der Waals surface area contributed by atoms with Gasteiger partial charge in [-0.2, -0.15) is 10.5 Å². The summed E-state index contributed by atoms with van der Waals surface area (Å²) in [5.41, 5.74) is 3.50. The molecule has 1 atom stereocenters. The van der Waals surface area contributed by atoms with Crippen LogP contribution in [0.5, 0.6) is 0 Å². The minimum absolute atomic E-state index is 0.0324. The summed E-state index contributed by atoms with van der Waals surface area (Å²) in [5.74, 6) is -0.0324. The largest absolute Gasteiger partial charge is 0.293 e. The topological polar surface area (TPSA) is 77.5 Å². The van der Waals surface area contributed by atoms with Gasteiger partial charge >= 0.3 is 0 Å². The molecule has 0 bridgehead atoms. The standard InChI is InChI=1S/C27H17N3O/c28-16-20-4-1-3-19(13-20)15-27(14-18-9-11-30-12-10-18)23-6-2-5-21-7-8-22(17-29)25(24(21)23)26(27)31/h1-13H,14-15H2. The molecular formula is C27H17N3O. The molecule has 0 fully saturated rings. The fraction of sp³-hybridized carbons (Fsp3) is 0.111. The van der Waals surface area contributed by atoms with Gasteiger partial charge in [0.15, 0.2) is 5.78 Å². The lowest BCUT2D eigenvalue weighted by Gasteiger charge is -2.30. The highest BCUT2D eigenvalue weighted by atomic mass is 16.1. The van der Waals surface area contributed by atoms with Crippen molar-refractivity contribution in [3.8, 4) is 12.1 Å². The number of nitrogens with zero attached hydrogens (tertiary/aromatic N) is 3. The Morgan fingerprint density at radius 3 is 2.39 bits per heavy atom. The summed E-state index contributed by atoms with van der Waals surface area (Å²) in [4.78, 5) is 18.2. The van der Waals surface area contributed by atoms with Crippen LogP contribution in [0.1, 0.15) is 38.2 Å². The smallest absolute Gasteiger partial charge is 0.176 e. The molecule has 0 spiro atoms. The maximum atomic E-state index is 14.1. The Bertz CT molecular complexity index is 1430. The molecule has 4 nitrogen and oxygen atoms in total. The Morgan fingerprint density at radius 1 is 0.839 bits per heavy atom. The number of aromatic nitrogens is 1. The highest BCUT2D eigenvalue weighted by Gasteiger charge is 2.48. The number of pyridine rings is 1. The van der Waals surface area contributed by atoms with E-state index in [0.717, 1.165) is 27.5 Å². The van der Waals surface area contributed by atoms with Crippen molar-refractivity contribution in [3.05, 3.63) is 113 Å². The molecule has 0 saturated carbocycles. The molecule has 0 amide bonds. The van der Waals surface area contributed by atoms with E-state index in [9.17, 15) is 15.3 Å². The minimum atomic E-state index is -0.857. The number of ketones is 1. The lowest BCUT2D eigenvalue weighted by atomic mass is 9.70. The molecule has 1 aliphatic rings. The number of carbonyl (C=O) groups is 1. The Labute approximate surface area is 180 Å². The third-order valence-electron chi connectivity index (χ3n) is 6.16. The molecular weight excluding hydrogens is 382 g/mol. The van der Waals surface area contributed by atoms with Crippen molar-refractivity contribution in [1.29, 1.82) is 10.5 Å². The molecule has 31 heavy (non-hydrogen) atoms. The molecule has 0 radical (unpaired) electrons. The molecule has 4 heteroatoms. The van der Waals surface area contributed by atoms with Gasteiger partial charge in [0.05, 0.1) is 28.7 Å². The van der Waals surface area contributed by atoms with Crippen LogP contribution < -0.4 is 0 Å². The zero-order valence-corrected chi connectivity index (χ0v) is 16.7. The second kappa shape index (κ2) is 7.20. The predicted octanol–water partition coefficient (Wildman–Crippen LogP) is 4.90.